The molecule has 2 heterocycles. The number of nitrogens with zero attached hydrogens (tertiary/aromatic N) is 1. The lowest BCUT2D eigenvalue weighted by molar-refractivity contribution is 0.146. The zero-order chi connectivity index (χ0) is 11.4. The predicted octanol–water partition coefficient (Wildman–Crippen LogP) is 2.50. The summed E-state index contributed by atoms with van der Waals surface area (Å²) >= 11 is 0. The van der Waals surface area contributed by atoms with Gasteiger partial charge in [0.15, 0.2) is 0 Å². The molecule has 0 spiro atoms. The molecule has 2 fully saturated rings. The summed E-state index contributed by atoms with van der Waals surface area (Å²) in [7, 11) is 0. The lowest BCUT2D eigenvalue weighted by atomic mass is 9.88. The van der Waals surface area contributed by atoms with E-state index in [0.717, 1.165) is 17.9 Å². The van der Waals surface area contributed by atoms with E-state index in [1.165, 1.54) is 58.3 Å². The molecule has 2 aliphatic heterocycles. The fourth-order valence-corrected chi connectivity index (χ4v) is 3.22. The molecule has 2 rings (SSSR count). The van der Waals surface area contributed by atoms with Crippen LogP contribution in [0.1, 0.15) is 46.0 Å². The van der Waals surface area contributed by atoms with Gasteiger partial charge in [0.2, 0.25) is 0 Å². The summed E-state index contributed by atoms with van der Waals surface area (Å²) in [6.45, 7) is 9.95. The summed E-state index contributed by atoms with van der Waals surface area (Å²) in [5.74, 6) is 1.84. The molecule has 2 unspecified atom stereocenters. The Hall–Kier alpha value is -0.0800. The molecule has 2 atom stereocenters. The fraction of sp³-hybridized carbons (Fsp3) is 1.00. The van der Waals surface area contributed by atoms with Gasteiger partial charge in [-0.3, -0.25) is 0 Å². The largest absolute Gasteiger partial charge is 0.314 e. The molecule has 0 aromatic carbocycles. The highest BCUT2D eigenvalue weighted by Gasteiger charge is 2.28. The minimum atomic E-state index is 0.853. The summed E-state index contributed by atoms with van der Waals surface area (Å²) in [6.07, 6.45) is 7.00. The third-order valence-corrected chi connectivity index (χ3v) is 4.57. The first-order valence-electron chi connectivity index (χ1n) is 7.25. The zero-order valence-corrected chi connectivity index (χ0v) is 11.0. The average molecular weight is 224 g/mol. The van der Waals surface area contributed by atoms with E-state index in [4.69, 9.17) is 0 Å². The first kappa shape index (κ1) is 12.4. The van der Waals surface area contributed by atoms with E-state index in [1.54, 1.807) is 0 Å². The third kappa shape index (κ3) is 3.21. The maximum atomic E-state index is 3.67. The Morgan fingerprint density at radius 2 is 2.00 bits per heavy atom. The van der Waals surface area contributed by atoms with Crippen LogP contribution in [0.15, 0.2) is 0 Å². The SMILES string of the molecule is CCC(C)CN1CCC(C2CCCN2)CC1. The molecule has 2 aliphatic rings. The Balaban J connectivity index is 1.69. The summed E-state index contributed by atoms with van der Waals surface area (Å²) < 4.78 is 0. The van der Waals surface area contributed by atoms with E-state index in [0.29, 0.717) is 0 Å². The van der Waals surface area contributed by atoms with Crippen LogP contribution in [0.3, 0.4) is 0 Å². The summed E-state index contributed by atoms with van der Waals surface area (Å²) in [4.78, 5) is 2.68. The second kappa shape index (κ2) is 6.02. The van der Waals surface area contributed by atoms with Gasteiger partial charge in [0.05, 0.1) is 0 Å². The standard InChI is InChI=1S/C14H28N2/c1-3-12(2)11-16-9-6-13(7-10-16)14-5-4-8-15-14/h12-15H,3-11H2,1-2H3. The van der Waals surface area contributed by atoms with Gasteiger partial charge in [-0.2, -0.15) is 0 Å². The van der Waals surface area contributed by atoms with Crippen molar-refractivity contribution in [1.82, 2.24) is 10.2 Å². The number of hydrogen-bond donors (Lipinski definition) is 1. The molecule has 0 aromatic rings. The number of nitrogens with one attached hydrogen (secondary N) is 1. The monoisotopic (exact) mass is 224 g/mol. The van der Waals surface area contributed by atoms with Gasteiger partial charge in [-0.05, 0) is 57.2 Å². The number of rotatable bonds is 4. The normalized spacial score (nSPS) is 30.8. The zero-order valence-electron chi connectivity index (χ0n) is 11.0. The molecule has 2 heteroatoms. The Morgan fingerprint density at radius 1 is 1.25 bits per heavy atom. The van der Waals surface area contributed by atoms with Crippen molar-refractivity contribution in [1.29, 1.82) is 0 Å². The topological polar surface area (TPSA) is 15.3 Å². The van der Waals surface area contributed by atoms with Crippen LogP contribution < -0.4 is 5.32 Å². The quantitative estimate of drug-likeness (QED) is 0.789. The molecule has 0 aromatic heterocycles. The Bertz CT molecular complexity index is 191. The minimum Gasteiger partial charge on any atom is -0.314 e. The highest BCUT2D eigenvalue weighted by Crippen LogP contribution is 2.26. The molecular weight excluding hydrogens is 196 g/mol. The summed E-state index contributed by atoms with van der Waals surface area (Å²) in [5.41, 5.74) is 0. The van der Waals surface area contributed by atoms with Gasteiger partial charge in [0, 0.05) is 12.6 Å². The van der Waals surface area contributed by atoms with Crippen LogP contribution in [0.5, 0.6) is 0 Å². The lowest BCUT2D eigenvalue weighted by Gasteiger charge is -2.36. The molecule has 0 radical (unpaired) electrons. The number of hydrogen-bond acceptors (Lipinski definition) is 2. The van der Waals surface area contributed by atoms with Crippen LogP contribution >= 0.6 is 0 Å². The predicted molar refractivity (Wildman–Crippen MR) is 69.6 cm³/mol. The number of piperidine rings is 1. The van der Waals surface area contributed by atoms with Crippen molar-refractivity contribution in [3.05, 3.63) is 0 Å². The van der Waals surface area contributed by atoms with Crippen molar-refractivity contribution in [2.45, 2.75) is 52.0 Å². The highest BCUT2D eigenvalue weighted by molar-refractivity contribution is 4.85. The van der Waals surface area contributed by atoms with Gasteiger partial charge in [-0.1, -0.05) is 20.3 Å². The molecule has 1 N–H and O–H groups in total. The molecule has 0 aliphatic carbocycles. The summed E-state index contributed by atoms with van der Waals surface area (Å²) in [5, 5.41) is 3.67. The van der Waals surface area contributed by atoms with E-state index < -0.39 is 0 Å². The van der Waals surface area contributed by atoms with Crippen LogP contribution in [-0.2, 0) is 0 Å². The van der Waals surface area contributed by atoms with Crippen molar-refractivity contribution in [3.8, 4) is 0 Å². The highest BCUT2D eigenvalue weighted by atomic mass is 15.1. The molecule has 94 valence electrons. The Labute approximate surface area is 101 Å². The average Bonchev–Trinajstić information content (AvgIpc) is 2.83. The Morgan fingerprint density at radius 3 is 2.56 bits per heavy atom. The van der Waals surface area contributed by atoms with Gasteiger partial charge < -0.3 is 10.2 Å². The van der Waals surface area contributed by atoms with Crippen molar-refractivity contribution < 1.29 is 0 Å². The van der Waals surface area contributed by atoms with Gasteiger partial charge in [0.1, 0.15) is 0 Å². The van der Waals surface area contributed by atoms with Gasteiger partial charge in [-0.15, -0.1) is 0 Å². The molecule has 0 saturated carbocycles. The van der Waals surface area contributed by atoms with Crippen LogP contribution in [0.2, 0.25) is 0 Å². The first-order chi connectivity index (χ1) is 7.79. The third-order valence-electron chi connectivity index (χ3n) is 4.57. The lowest BCUT2D eigenvalue weighted by Crippen LogP contribution is -2.42. The van der Waals surface area contributed by atoms with Crippen molar-refractivity contribution in [2.75, 3.05) is 26.2 Å². The van der Waals surface area contributed by atoms with E-state index in [1.807, 2.05) is 0 Å². The molecule has 2 nitrogen and oxygen atoms in total. The maximum absolute atomic E-state index is 3.67. The van der Waals surface area contributed by atoms with Gasteiger partial charge in [-0.25, -0.2) is 0 Å². The molecule has 2 saturated heterocycles. The smallest absolute Gasteiger partial charge is 0.00967 e. The van der Waals surface area contributed by atoms with E-state index in [9.17, 15) is 0 Å². The first-order valence-corrected chi connectivity index (χ1v) is 7.25. The van der Waals surface area contributed by atoms with Crippen LogP contribution in [0.4, 0.5) is 0 Å². The maximum Gasteiger partial charge on any atom is 0.00967 e. The van der Waals surface area contributed by atoms with E-state index in [-0.39, 0.29) is 0 Å². The molecule has 0 bridgehead atoms. The summed E-state index contributed by atoms with van der Waals surface area (Å²) in [6, 6.07) is 0.853. The molecular formula is C14H28N2. The molecule has 16 heavy (non-hydrogen) atoms. The van der Waals surface area contributed by atoms with E-state index in [2.05, 4.69) is 24.1 Å². The van der Waals surface area contributed by atoms with Crippen LogP contribution in [0.25, 0.3) is 0 Å². The number of likely N-dealkylation sites (tertiary alicyclic amines) is 1. The van der Waals surface area contributed by atoms with Gasteiger partial charge in [0.25, 0.3) is 0 Å². The van der Waals surface area contributed by atoms with Gasteiger partial charge >= 0.3 is 0 Å². The molecule has 0 amide bonds. The minimum absolute atomic E-state index is 0.853. The fourth-order valence-electron chi connectivity index (χ4n) is 3.22. The second-order valence-corrected chi connectivity index (χ2v) is 5.85. The second-order valence-electron chi connectivity index (χ2n) is 5.85. The van der Waals surface area contributed by atoms with Crippen molar-refractivity contribution in [3.63, 3.8) is 0 Å². The van der Waals surface area contributed by atoms with Crippen molar-refractivity contribution in [2.24, 2.45) is 11.8 Å². The van der Waals surface area contributed by atoms with E-state index >= 15 is 0 Å². The van der Waals surface area contributed by atoms with Crippen molar-refractivity contribution >= 4 is 0 Å². The van der Waals surface area contributed by atoms with Crippen LogP contribution in [-0.4, -0.2) is 37.1 Å². The van der Waals surface area contributed by atoms with Crippen LogP contribution in [0, 0.1) is 11.8 Å². The Kier molecular flexibility index (Phi) is 4.66.